The van der Waals surface area contributed by atoms with E-state index in [4.69, 9.17) is 27.1 Å². The third-order valence-corrected chi connectivity index (χ3v) is 9.71. The maximum Gasteiger partial charge on any atom is 0.306 e. The van der Waals surface area contributed by atoms with E-state index in [2.05, 4.69) is 16.9 Å². The molecule has 0 fully saturated rings. The molecular weight excluding hydrogens is 672 g/mol. The number of hydrogen-bond acceptors (Lipinski definition) is 7. The number of halogens is 5. The van der Waals surface area contributed by atoms with Gasteiger partial charge < -0.3 is 10.5 Å². The van der Waals surface area contributed by atoms with E-state index in [1.54, 1.807) is 32.9 Å². The van der Waals surface area contributed by atoms with Crippen molar-refractivity contribution in [2.24, 2.45) is 0 Å². The number of carbonyl (C=O) groups is 1. The summed E-state index contributed by atoms with van der Waals surface area (Å²) in [4.78, 5) is 18.0. The Labute approximate surface area is 281 Å². The number of anilines is 1. The number of fused-ring (bicyclic) bond motifs is 1. The van der Waals surface area contributed by atoms with E-state index in [9.17, 15) is 30.8 Å². The fourth-order valence-electron chi connectivity index (χ4n) is 5.04. The molecule has 48 heavy (non-hydrogen) atoms. The Balaban J connectivity index is 2.04. The van der Waals surface area contributed by atoms with Gasteiger partial charge in [-0.25, -0.2) is 31.0 Å². The van der Waals surface area contributed by atoms with E-state index in [0.717, 1.165) is 29.1 Å². The molecule has 0 bridgehead atoms. The zero-order valence-electron chi connectivity index (χ0n) is 27.2. The number of alkyl halides is 2. The van der Waals surface area contributed by atoms with Crippen LogP contribution in [0.2, 0.25) is 5.02 Å². The molecule has 2 heterocycles. The molecule has 8 nitrogen and oxygen atoms in total. The molecule has 0 amide bonds. The van der Waals surface area contributed by atoms with Gasteiger partial charge in [0, 0.05) is 29.4 Å². The molecular formula is C34H35ClF4N4O4S. The number of aromatic nitrogens is 3. The summed E-state index contributed by atoms with van der Waals surface area (Å²) in [5.41, 5.74) is 6.62. The Morgan fingerprint density at radius 1 is 1.04 bits per heavy atom. The maximum absolute atomic E-state index is 14.3. The third-order valence-electron chi connectivity index (χ3n) is 7.44. The van der Waals surface area contributed by atoms with E-state index < -0.39 is 56.7 Å². The zero-order chi connectivity index (χ0) is 35.8. The number of pyridine rings is 1. The number of nitrogens with zero attached hydrogens (tertiary/aromatic N) is 3. The number of carbonyl (C=O) groups excluding carboxylic acids is 1. The van der Waals surface area contributed by atoms with Crippen molar-refractivity contribution in [2.75, 3.05) is 12.0 Å². The van der Waals surface area contributed by atoms with E-state index in [1.165, 1.54) is 26.0 Å². The van der Waals surface area contributed by atoms with Crippen molar-refractivity contribution in [3.05, 3.63) is 76.1 Å². The Morgan fingerprint density at radius 2 is 1.67 bits per heavy atom. The highest BCUT2D eigenvalue weighted by Gasteiger charge is 2.30. The Kier molecular flexibility index (Phi) is 10.5. The van der Waals surface area contributed by atoms with Crippen molar-refractivity contribution in [2.45, 2.75) is 76.7 Å². The lowest BCUT2D eigenvalue weighted by molar-refractivity contribution is -0.155. The van der Waals surface area contributed by atoms with Crippen LogP contribution < -0.4 is 5.73 Å². The second-order valence-corrected chi connectivity index (χ2v) is 15.9. The van der Waals surface area contributed by atoms with Gasteiger partial charge in [0.05, 0.1) is 28.0 Å². The largest absolute Gasteiger partial charge is 0.460 e. The molecule has 2 aromatic carbocycles. The van der Waals surface area contributed by atoms with Crippen LogP contribution in [0, 0.1) is 23.5 Å². The maximum atomic E-state index is 14.3. The average molecular weight is 707 g/mol. The third kappa shape index (κ3) is 8.65. The quantitative estimate of drug-likeness (QED) is 0.112. The standard InChI is InChI=1S/C34H35ClF4N4O4S/c1-33(2,3)47-28(44)16-20(13-19-14-21(36)17-22(37)15-19)30-24(8-7-23(41-30)11-12-34(4,5)48(6,45)46)25-9-10-26(35)29-31(25)43(18-27(38)39)42-32(29)40/h7-10,14-15,17,20,27H,13,16,18H2,1-6H3,(H2,40,42)/t20-/m1/s1. The molecule has 0 saturated heterocycles. The number of nitrogen functional groups attached to an aromatic ring is 1. The average Bonchev–Trinajstić information content (AvgIpc) is 3.25. The van der Waals surface area contributed by atoms with Crippen LogP contribution in [0.5, 0.6) is 0 Å². The highest BCUT2D eigenvalue weighted by Crippen LogP contribution is 2.40. The number of hydrogen-bond donors (Lipinski definition) is 1. The van der Waals surface area contributed by atoms with E-state index in [-0.39, 0.29) is 51.5 Å². The van der Waals surface area contributed by atoms with Crippen molar-refractivity contribution in [1.29, 1.82) is 0 Å². The van der Waals surface area contributed by atoms with Gasteiger partial charge in [0.15, 0.2) is 15.7 Å². The summed E-state index contributed by atoms with van der Waals surface area (Å²) in [6.45, 7) is 7.12. The predicted octanol–water partition coefficient (Wildman–Crippen LogP) is 7.11. The number of esters is 1. The van der Waals surface area contributed by atoms with Gasteiger partial charge in [0.25, 0.3) is 6.43 Å². The first-order valence-corrected chi connectivity index (χ1v) is 17.1. The topological polar surface area (TPSA) is 117 Å². The van der Waals surface area contributed by atoms with Crippen molar-refractivity contribution >= 4 is 44.1 Å². The van der Waals surface area contributed by atoms with Crippen LogP contribution in [0.15, 0.2) is 42.5 Å². The predicted molar refractivity (Wildman–Crippen MR) is 177 cm³/mol. The molecule has 2 aromatic heterocycles. The minimum Gasteiger partial charge on any atom is -0.460 e. The summed E-state index contributed by atoms with van der Waals surface area (Å²) in [6.07, 6.45) is -2.15. The number of sulfone groups is 1. The summed E-state index contributed by atoms with van der Waals surface area (Å²) in [7, 11) is -3.60. The van der Waals surface area contributed by atoms with E-state index in [0.29, 0.717) is 11.1 Å². The molecule has 4 aromatic rings. The number of ether oxygens (including phenoxy) is 1. The summed E-state index contributed by atoms with van der Waals surface area (Å²) in [6, 6.07) is 9.15. The van der Waals surface area contributed by atoms with Crippen LogP contribution in [0.1, 0.15) is 63.9 Å². The summed E-state index contributed by atoms with van der Waals surface area (Å²) in [5, 5.41) is 4.47. The zero-order valence-corrected chi connectivity index (χ0v) is 28.7. The second-order valence-electron chi connectivity index (χ2n) is 12.9. The SMILES string of the molecule is CC(C)(C)OC(=O)C[C@@H](Cc1cc(F)cc(F)c1)c1nc(C#CC(C)(C)S(C)(=O)=O)ccc1-c1ccc(Cl)c2c(N)nn(CC(F)F)c12. The van der Waals surface area contributed by atoms with Crippen molar-refractivity contribution in [3.63, 3.8) is 0 Å². The molecule has 0 unspecified atom stereocenters. The minimum absolute atomic E-state index is 0.0851. The Hall–Kier alpha value is -4.15. The Bertz CT molecular complexity index is 2030. The van der Waals surface area contributed by atoms with Crippen LogP contribution in [0.3, 0.4) is 0 Å². The molecule has 0 aliphatic heterocycles. The van der Waals surface area contributed by atoms with Crippen LogP contribution in [-0.4, -0.2) is 52.2 Å². The van der Waals surface area contributed by atoms with Gasteiger partial charge >= 0.3 is 5.97 Å². The lowest BCUT2D eigenvalue weighted by Crippen LogP contribution is -2.28. The monoisotopic (exact) mass is 706 g/mol. The molecule has 0 aliphatic carbocycles. The number of benzene rings is 2. The molecule has 0 spiro atoms. The first kappa shape index (κ1) is 36.7. The van der Waals surface area contributed by atoms with Crippen LogP contribution >= 0.6 is 11.6 Å². The van der Waals surface area contributed by atoms with E-state index in [1.807, 2.05) is 0 Å². The van der Waals surface area contributed by atoms with Crippen LogP contribution in [0.25, 0.3) is 22.0 Å². The minimum atomic E-state index is -3.60. The molecule has 2 N–H and O–H groups in total. The molecule has 4 rings (SSSR count). The second kappa shape index (κ2) is 13.8. The van der Waals surface area contributed by atoms with Gasteiger partial charge in [0.2, 0.25) is 0 Å². The lowest BCUT2D eigenvalue weighted by atomic mass is 9.87. The molecule has 256 valence electrons. The van der Waals surface area contributed by atoms with Crippen LogP contribution in [-0.2, 0) is 32.3 Å². The Morgan fingerprint density at radius 3 is 2.25 bits per heavy atom. The first-order valence-electron chi connectivity index (χ1n) is 14.8. The van der Waals surface area contributed by atoms with Crippen molar-refractivity contribution in [3.8, 4) is 23.0 Å². The fourth-order valence-corrected chi connectivity index (χ4v) is 5.53. The molecule has 14 heteroatoms. The fraction of sp³-hybridized carbons (Fsp3) is 0.382. The van der Waals surface area contributed by atoms with Crippen LogP contribution in [0.4, 0.5) is 23.4 Å². The summed E-state index contributed by atoms with van der Waals surface area (Å²) in [5.74, 6) is 2.23. The number of nitrogens with two attached hydrogens (primary N) is 1. The normalized spacial score (nSPS) is 13.0. The van der Waals surface area contributed by atoms with Gasteiger partial charge in [-0.1, -0.05) is 23.6 Å². The van der Waals surface area contributed by atoms with Crippen molar-refractivity contribution in [1.82, 2.24) is 14.8 Å². The van der Waals surface area contributed by atoms with Gasteiger partial charge in [-0.3, -0.25) is 9.48 Å². The van der Waals surface area contributed by atoms with Gasteiger partial charge in [0.1, 0.15) is 34.2 Å². The highest BCUT2D eigenvalue weighted by atomic mass is 35.5. The van der Waals surface area contributed by atoms with Crippen molar-refractivity contribution < 1.29 is 35.5 Å². The van der Waals surface area contributed by atoms with Gasteiger partial charge in [-0.15, -0.1) is 0 Å². The molecule has 0 aliphatic rings. The molecule has 0 saturated carbocycles. The van der Waals surface area contributed by atoms with Gasteiger partial charge in [-0.05, 0) is 82.9 Å². The van der Waals surface area contributed by atoms with Gasteiger partial charge in [-0.2, -0.15) is 5.10 Å². The first-order chi connectivity index (χ1) is 22.1. The number of rotatable bonds is 9. The summed E-state index contributed by atoms with van der Waals surface area (Å²) < 4.78 is 85.9. The smallest absolute Gasteiger partial charge is 0.306 e. The summed E-state index contributed by atoms with van der Waals surface area (Å²) >= 11 is 6.45. The molecule has 1 atom stereocenters. The lowest BCUT2D eigenvalue weighted by Gasteiger charge is -2.24. The highest BCUT2D eigenvalue weighted by molar-refractivity contribution is 7.92. The molecule has 0 radical (unpaired) electrons. The van der Waals surface area contributed by atoms with E-state index >= 15 is 0 Å².